The first-order chi connectivity index (χ1) is 16.9. The SMILES string of the molecule is CN[C@@H](C)C(=O)NC1CCOC2CC3(CC=CC3)C(C(=O)NC3CCCc4ccccc43)N2C1=O. The zero-order valence-corrected chi connectivity index (χ0v) is 20.6. The maximum atomic E-state index is 14.0. The number of nitrogens with one attached hydrogen (secondary N) is 3. The van der Waals surface area contributed by atoms with Crippen molar-refractivity contribution < 1.29 is 19.1 Å². The topological polar surface area (TPSA) is 99.8 Å². The van der Waals surface area contributed by atoms with Gasteiger partial charge in [0.2, 0.25) is 17.7 Å². The van der Waals surface area contributed by atoms with Gasteiger partial charge in [0.25, 0.3) is 0 Å². The van der Waals surface area contributed by atoms with Gasteiger partial charge in [-0.05, 0) is 57.2 Å². The molecule has 5 atom stereocenters. The van der Waals surface area contributed by atoms with Gasteiger partial charge in [0, 0.05) is 18.3 Å². The third-order valence-corrected chi connectivity index (χ3v) is 8.31. The van der Waals surface area contributed by atoms with Crippen molar-refractivity contribution in [1.82, 2.24) is 20.9 Å². The Labute approximate surface area is 206 Å². The summed E-state index contributed by atoms with van der Waals surface area (Å²) in [5.41, 5.74) is 2.08. The van der Waals surface area contributed by atoms with Crippen LogP contribution in [-0.4, -0.2) is 60.6 Å². The molecule has 1 aromatic carbocycles. The molecule has 2 heterocycles. The lowest BCUT2D eigenvalue weighted by Gasteiger charge is -2.37. The Morgan fingerprint density at radius 3 is 2.66 bits per heavy atom. The van der Waals surface area contributed by atoms with Gasteiger partial charge in [0.15, 0.2) is 0 Å². The van der Waals surface area contributed by atoms with Gasteiger partial charge >= 0.3 is 0 Å². The zero-order chi connectivity index (χ0) is 24.6. The first kappa shape index (κ1) is 24.0. The van der Waals surface area contributed by atoms with Crippen LogP contribution in [-0.2, 0) is 25.5 Å². The molecule has 35 heavy (non-hydrogen) atoms. The standard InChI is InChI=1S/C27H36N4O4/c1-17(28-2)24(32)30-21-12-15-35-22-16-27(13-5-6-14-27)23(31(22)26(21)34)25(33)29-20-11-7-9-18-8-3-4-10-19(18)20/h3-6,8,10,17,20-23,28H,7,9,11-16H2,1-2H3,(H,29,33)(H,30,32)/t17-,20?,21?,22?,23?/m0/s1. The van der Waals surface area contributed by atoms with E-state index < -0.39 is 24.4 Å². The number of aryl methyl sites for hydroxylation is 1. The molecule has 8 heteroatoms. The Morgan fingerprint density at radius 2 is 1.89 bits per heavy atom. The monoisotopic (exact) mass is 480 g/mol. The van der Waals surface area contributed by atoms with Crippen molar-refractivity contribution in [2.24, 2.45) is 5.41 Å². The molecule has 3 amide bonds. The summed E-state index contributed by atoms with van der Waals surface area (Å²) < 4.78 is 6.14. The highest BCUT2D eigenvalue weighted by Crippen LogP contribution is 2.51. The van der Waals surface area contributed by atoms with Gasteiger partial charge in [-0.25, -0.2) is 0 Å². The van der Waals surface area contributed by atoms with Crippen LogP contribution in [0.25, 0.3) is 0 Å². The molecule has 2 saturated heterocycles. The van der Waals surface area contributed by atoms with Crippen molar-refractivity contribution in [1.29, 1.82) is 0 Å². The van der Waals surface area contributed by atoms with E-state index in [4.69, 9.17) is 4.74 Å². The summed E-state index contributed by atoms with van der Waals surface area (Å²) in [4.78, 5) is 42.0. The highest BCUT2D eigenvalue weighted by molar-refractivity contribution is 5.94. The number of benzene rings is 1. The van der Waals surface area contributed by atoms with E-state index in [1.807, 2.05) is 12.1 Å². The fraction of sp³-hybridized carbons (Fsp3) is 0.593. The van der Waals surface area contributed by atoms with Gasteiger partial charge in [-0.15, -0.1) is 0 Å². The van der Waals surface area contributed by atoms with Gasteiger partial charge in [0.05, 0.1) is 18.7 Å². The molecule has 1 spiro atoms. The van der Waals surface area contributed by atoms with Crippen LogP contribution in [0.2, 0.25) is 0 Å². The average Bonchev–Trinajstić information content (AvgIpc) is 3.43. The molecule has 8 nitrogen and oxygen atoms in total. The average molecular weight is 481 g/mol. The number of carbonyl (C=O) groups is 3. The Kier molecular flexibility index (Phi) is 6.68. The van der Waals surface area contributed by atoms with Crippen molar-refractivity contribution in [2.75, 3.05) is 13.7 Å². The van der Waals surface area contributed by atoms with Gasteiger partial charge < -0.3 is 25.6 Å². The summed E-state index contributed by atoms with van der Waals surface area (Å²) in [5, 5.41) is 9.11. The maximum Gasteiger partial charge on any atom is 0.247 e. The molecule has 5 rings (SSSR count). The smallest absolute Gasteiger partial charge is 0.247 e. The van der Waals surface area contributed by atoms with Crippen LogP contribution in [0, 0.1) is 5.41 Å². The minimum absolute atomic E-state index is 0.0621. The number of hydrogen-bond acceptors (Lipinski definition) is 5. The molecular weight excluding hydrogens is 444 g/mol. The number of amides is 3. The Hall–Kier alpha value is -2.71. The Bertz CT molecular complexity index is 1020. The van der Waals surface area contributed by atoms with Crippen LogP contribution >= 0.6 is 0 Å². The van der Waals surface area contributed by atoms with E-state index in [1.54, 1.807) is 18.9 Å². The molecule has 4 unspecified atom stereocenters. The molecule has 188 valence electrons. The fourth-order valence-corrected chi connectivity index (χ4v) is 6.28. The molecule has 1 aromatic rings. The third kappa shape index (κ3) is 4.38. The summed E-state index contributed by atoms with van der Waals surface area (Å²) in [7, 11) is 1.71. The summed E-state index contributed by atoms with van der Waals surface area (Å²) in [6.45, 7) is 2.11. The van der Waals surface area contributed by atoms with Gasteiger partial charge in [-0.1, -0.05) is 36.4 Å². The van der Waals surface area contributed by atoms with Gasteiger partial charge in [-0.3, -0.25) is 14.4 Å². The first-order valence-corrected chi connectivity index (χ1v) is 12.9. The summed E-state index contributed by atoms with van der Waals surface area (Å²) in [6, 6.07) is 6.46. The number of rotatable bonds is 5. The fourth-order valence-electron chi connectivity index (χ4n) is 6.28. The molecule has 0 aromatic heterocycles. The molecular formula is C27H36N4O4. The van der Waals surface area contributed by atoms with Crippen molar-refractivity contribution in [2.45, 2.75) is 82.3 Å². The number of likely N-dealkylation sites (N-methyl/N-ethyl adjacent to an activating group) is 1. The first-order valence-electron chi connectivity index (χ1n) is 12.9. The van der Waals surface area contributed by atoms with Crippen molar-refractivity contribution >= 4 is 17.7 Å². The number of carbonyl (C=O) groups excluding carboxylic acids is 3. The van der Waals surface area contributed by atoms with Crippen LogP contribution in [0.5, 0.6) is 0 Å². The molecule has 2 aliphatic heterocycles. The lowest BCUT2D eigenvalue weighted by Crippen LogP contribution is -2.58. The summed E-state index contributed by atoms with van der Waals surface area (Å²) in [5.74, 6) is -0.580. The molecule has 0 bridgehead atoms. The van der Waals surface area contributed by atoms with E-state index in [-0.39, 0.29) is 29.2 Å². The van der Waals surface area contributed by atoms with Crippen LogP contribution in [0.1, 0.15) is 62.6 Å². The highest BCUT2D eigenvalue weighted by atomic mass is 16.5. The van der Waals surface area contributed by atoms with Crippen LogP contribution in [0.4, 0.5) is 0 Å². The lowest BCUT2D eigenvalue weighted by atomic mass is 9.77. The number of nitrogens with zero attached hydrogens (tertiary/aromatic N) is 1. The molecule has 0 radical (unpaired) electrons. The maximum absolute atomic E-state index is 14.0. The highest BCUT2D eigenvalue weighted by Gasteiger charge is 2.59. The normalized spacial score (nSPS) is 29.9. The number of hydrogen-bond donors (Lipinski definition) is 3. The van der Waals surface area contributed by atoms with Gasteiger partial charge in [0.1, 0.15) is 18.3 Å². The van der Waals surface area contributed by atoms with Crippen LogP contribution in [0.3, 0.4) is 0 Å². The molecule has 4 aliphatic rings. The van der Waals surface area contributed by atoms with E-state index >= 15 is 0 Å². The summed E-state index contributed by atoms with van der Waals surface area (Å²) in [6.07, 6.45) is 9.19. The molecule has 2 aliphatic carbocycles. The van der Waals surface area contributed by atoms with E-state index in [9.17, 15) is 14.4 Å². The third-order valence-electron chi connectivity index (χ3n) is 8.31. The second-order valence-electron chi connectivity index (χ2n) is 10.4. The summed E-state index contributed by atoms with van der Waals surface area (Å²) >= 11 is 0. The van der Waals surface area contributed by atoms with Crippen LogP contribution in [0.15, 0.2) is 36.4 Å². The zero-order valence-electron chi connectivity index (χ0n) is 20.6. The van der Waals surface area contributed by atoms with Crippen molar-refractivity contribution in [3.05, 3.63) is 47.5 Å². The van der Waals surface area contributed by atoms with E-state index in [2.05, 4.69) is 40.2 Å². The second-order valence-corrected chi connectivity index (χ2v) is 10.4. The quantitative estimate of drug-likeness (QED) is 0.560. The van der Waals surface area contributed by atoms with E-state index in [0.29, 0.717) is 19.4 Å². The van der Waals surface area contributed by atoms with Crippen molar-refractivity contribution in [3.8, 4) is 0 Å². The predicted octanol–water partition coefficient (Wildman–Crippen LogP) is 1.96. The molecule has 0 saturated carbocycles. The lowest BCUT2D eigenvalue weighted by molar-refractivity contribution is -0.150. The van der Waals surface area contributed by atoms with Gasteiger partial charge in [-0.2, -0.15) is 0 Å². The second kappa shape index (κ2) is 9.74. The Morgan fingerprint density at radius 1 is 1.11 bits per heavy atom. The van der Waals surface area contributed by atoms with E-state index in [0.717, 1.165) is 32.1 Å². The van der Waals surface area contributed by atoms with E-state index in [1.165, 1.54) is 11.1 Å². The number of ether oxygens (including phenoxy) is 1. The molecule has 2 fully saturated rings. The predicted molar refractivity (Wildman–Crippen MR) is 131 cm³/mol. The van der Waals surface area contributed by atoms with Crippen LogP contribution < -0.4 is 16.0 Å². The molecule has 3 N–H and O–H groups in total. The Balaban J connectivity index is 1.42. The minimum atomic E-state index is -0.710. The largest absolute Gasteiger partial charge is 0.358 e. The van der Waals surface area contributed by atoms with Crippen molar-refractivity contribution in [3.63, 3.8) is 0 Å². The number of fused-ring (bicyclic) bond motifs is 2. The minimum Gasteiger partial charge on any atom is -0.358 e. The number of allylic oxidation sites excluding steroid dienone is 2.